The minimum atomic E-state index is -0.322. The molecule has 5 nitrogen and oxygen atoms in total. The van der Waals surface area contributed by atoms with Gasteiger partial charge in [-0.3, -0.25) is 4.98 Å². The fourth-order valence-electron chi connectivity index (χ4n) is 2.35. The summed E-state index contributed by atoms with van der Waals surface area (Å²) in [7, 11) is 1.38. The first kappa shape index (κ1) is 13.3. The molecule has 106 valence electrons. The number of fused-ring (bicyclic) bond motifs is 1. The highest BCUT2D eigenvalue weighted by atomic mass is 16.5. The van der Waals surface area contributed by atoms with Crippen molar-refractivity contribution in [2.24, 2.45) is 0 Å². The number of hydrogen-bond donors (Lipinski definition) is 0. The molecule has 0 aliphatic rings. The van der Waals surface area contributed by atoms with Crippen LogP contribution in [0.2, 0.25) is 0 Å². The van der Waals surface area contributed by atoms with Gasteiger partial charge < -0.3 is 9.30 Å². The van der Waals surface area contributed by atoms with E-state index in [0.717, 1.165) is 22.4 Å². The predicted octanol–water partition coefficient (Wildman–Crippen LogP) is 2.57. The summed E-state index contributed by atoms with van der Waals surface area (Å²) in [6.07, 6.45) is 3.53. The number of rotatable bonds is 3. The molecule has 2 aromatic heterocycles. The van der Waals surface area contributed by atoms with Gasteiger partial charge >= 0.3 is 5.97 Å². The van der Waals surface area contributed by atoms with E-state index in [1.165, 1.54) is 7.11 Å². The van der Waals surface area contributed by atoms with E-state index < -0.39 is 0 Å². The number of methoxy groups -OCH3 is 1. The van der Waals surface area contributed by atoms with E-state index in [-0.39, 0.29) is 5.97 Å². The number of imidazole rings is 1. The Bertz CT molecular complexity index is 791. The van der Waals surface area contributed by atoms with Crippen molar-refractivity contribution in [1.82, 2.24) is 14.5 Å². The van der Waals surface area contributed by atoms with Crippen LogP contribution >= 0.6 is 0 Å². The zero-order chi connectivity index (χ0) is 14.8. The summed E-state index contributed by atoms with van der Waals surface area (Å²) in [6.45, 7) is 2.68. The molecular formula is C16H15N3O2. The number of esters is 1. The molecule has 0 aliphatic heterocycles. The van der Waals surface area contributed by atoms with Crippen LogP contribution < -0.4 is 0 Å². The Hall–Kier alpha value is -2.69. The fraction of sp³-hybridized carbons (Fsp3) is 0.188. The summed E-state index contributed by atoms with van der Waals surface area (Å²) < 4.78 is 6.83. The van der Waals surface area contributed by atoms with Crippen LogP contribution in [0.4, 0.5) is 0 Å². The summed E-state index contributed by atoms with van der Waals surface area (Å²) in [4.78, 5) is 20.0. The van der Waals surface area contributed by atoms with Crippen LogP contribution in [0.5, 0.6) is 0 Å². The molecule has 3 aromatic rings. The van der Waals surface area contributed by atoms with Gasteiger partial charge in [-0.05, 0) is 30.7 Å². The van der Waals surface area contributed by atoms with Gasteiger partial charge in [0.15, 0.2) is 0 Å². The third kappa shape index (κ3) is 2.50. The van der Waals surface area contributed by atoms with Gasteiger partial charge in [0, 0.05) is 12.7 Å². The number of carbonyl (C=O) groups is 1. The summed E-state index contributed by atoms with van der Waals surface area (Å²) in [6, 6.07) is 9.37. The zero-order valence-electron chi connectivity index (χ0n) is 11.9. The second-order valence-corrected chi connectivity index (χ2v) is 4.80. The van der Waals surface area contributed by atoms with Crippen molar-refractivity contribution >= 4 is 17.0 Å². The molecule has 0 N–H and O–H groups in total. The van der Waals surface area contributed by atoms with Gasteiger partial charge in [0.1, 0.15) is 11.3 Å². The number of benzene rings is 1. The topological polar surface area (TPSA) is 57.0 Å². The fourth-order valence-corrected chi connectivity index (χ4v) is 2.35. The van der Waals surface area contributed by atoms with Gasteiger partial charge in [0.25, 0.3) is 0 Å². The lowest BCUT2D eigenvalue weighted by molar-refractivity contribution is 0.0600. The van der Waals surface area contributed by atoms with E-state index in [1.807, 2.05) is 25.1 Å². The van der Waals surface area contributed by atoms with E-state index in [4.69, 9.17) is 4.74 Å². The van der Waals surface area contributed by atoms with Gasteiger partial charge in [0.05, 0.1) is 24.4 Å². The van der Waals surface area contributed by atoms with Gasteiger partial charge in [0.2, 0.25) is 0 Å². The largest absolute Gasteiger partial charge is 0.465 e. The van der Waals surface area contributed by atoms with Crippen LogP contribution in [0.1, 0.15) is 21.7 Å². The van der Waals surface area contributed by atoms with E-state index in [0.29, 0.717) is 12.1 Å². The van der Waals surface area contributed by atoms with E-state index >= 15 is 0 Å². The van der Waals surface area contributed by atoms with Crippen LogP contribution in [0.25, 0.3) is 11.0 Å². The number of aromatic nitrogens is 3. The van der Waals surface area contributed by atoms with Crippen molar-refractivity contribution in [3.8, 4) is 0 Å². The molecule has 2 heterocycles. The Kier molecular flexibility index (Phi) is 3.39. The molecule has 21 heavy (non-hydrogen) atoms. The van der Waals surface area contributed by atoms with Crippen molar-refractivity contribution in [2.45, 2.75) is 13.5 Å². The Morgan fingerprint density at radius 3 is 2.71 bits per heavy atom. The number of ether oxygens (including phenoxy) is 1. The van der Waals surface area contributed by atoms with Crippen LogP contribution in [0.15, 0.2) is 42.7 Å². The summed E-state index contributed by atoms with van der Waals surface area (Å²) in [5.41, 5.74) is 3.60. The van der Waals surface area contributed by atoms with Gasteiger partial charge in [-0.1, -0.05) is 12.1 Å². The first-order valence-electron chi connectivity index (χ1n) is 6.63. The Morgan fingerprint density at radius 1 is 1.24 bits per heavy atom. The SMILES string of the molecule is COC(=O)c1ccc(Cn2c(C)nc3cnccc32)cc1. The highest BCUT2D eigenvalue weighted by Crippen LogP contribution is 2.17. The lowest BCUT2D eigenvalue weighted by atomic mass is 10.1. The predicted molar refractivity (Wildman–Crippen MR) is 79.1 cm³/mol. The second kappa shape index (κ2) is 5.36. The summed E-state index contributed by atoms with van der Waals surface area (Å²) in [5, 5.41) is 0. The minimum Gasteiger partial charge on any atom is -0.465 e. The highest BCUT2D eigenvalue weighted by Gasteiger charge is 2.09. The van der Waals surface area contributed by atoms with Crippen molar-refractivity contribution in [1.29, 1.82) is 0 Å². The first-order valence-corrected chi connectivity index (χ1v) is 6.63. The standard InChI is InChI=1S/C16H15N3O2/c1-11-18-14-9-17-8-7-15(14)19(11)10-12-3-5-13(6-4-12)16(20)21-2/h3-9H,10H2,1-2H3. The number of pyridine rings is 1. The van der Waals surface area contributed by atoms with E-state index in [1.54, 1.807) is 24.5 Å². The highest BCUT2D eigenvalue weighted by molar-refractivity contribution is 5.89. The molecule has 3 rings (SSSR count). The number of nitrogens with zero attached hydrogens (tertiary/aromatic N) is 3. The summed E-state index contributed by atoms with van der Waals surface area (Å²) >= 11 is 0. The Morgan fingerprint density at radius 2 is 2.00 bits per heavy atom. The lowest BCUT2D eigenvalue weighted by Gasteiger charge is -2.07. The normalized spacial score (nSPS) is 10.8. The second-order valence-electron chi connectivity index (χ2n) is 4.80. The maximum absolute atomic E-state index is 11.4. The minimum absolute atomic E-state index is 0.322. The third-order valence-electron chi connectivity index (χ3n) is 3.46. The monoisotopic (exact) mass is 281 g/mol. The Labute approximate surface area is 122 Å². The molecule has 0 spiro atoms. The zero-order valence-corrected chi connectivity index (χ0v) is 11.9. The average molecular weight is 281 g/mol. The van der Waals surface area contributed by atoms with Crippen molar-refractivity contribution in [2.75, 3.05) is 7.11 Å². The summed E-state index contributed by atoms with van der Waals surface area (Å²) in [5.74, 6) is 0.618. The van der Waals surface area contributed by atoms with Crippen molar-refractivity contribution < 1.29 is 9.53 Å². The molecule has 5 heteroatoms. The van der Waals surface area contributed by atoms with Gasteiger partial charge in [-0.25, -0.2) is 9.78 Å². The lowest BCUT2D eigenvalue weighted by Crippen LogP contribution is -2.04. The van der Waals surface area contributed by atoms with E-state index in [2.05, 4.69) is 14.5 Å². The maximum atomic E-state index is 11.4. The molecule has 0 amide bonds. The van der Waals surface area contributed by atoms with E-state index in [9.17, 15) is 4.79 Å². The van der Waals surface area contributed by atoms with Crippen molar-refractivity contribution in [3.63, 3.8) is 0 Å². The van der Waals surface area contributed by atoms with Crippen LogP contribution in [0.3, 0.4) is 0 Å². The van der Waals surface area contributed by atoms with Crippen LogP contribution in [-0.4, -0.2) is 27.6 Å². The molecule has 0 unspecified atom stereocenters. The third-order valence-corrected chi connectivity index (χ3v) is 3.46. The molecular weight excluding hydrogens is 266 g/mol. The van der Waals surface area contributed by atoms with Crippen molar-refractivity contribution in [3.05, 3.63) is 59.7 Å². The van der Waals surface area contributed by atoms with Crippen LogP contribution in [0, 0.1) is 6.92 Å². The molecule has 0 saturated carbocycles. The quantitative estimate of drug-likeness (QED) is 0.692. The number of aryl methyl sites for hydroxylation is 1. The molecule has 0 aliphatic carbocycles. The number of carbonyl (C=O) groups excluding carboxylic acids is 1. The molecule has 0 fully saturated rings. The molecule has 1 aromatic carbocycles. The molecule has 0 saturated heterocycles. The Balaban J connectivity index is 1.92. The average Bonchev–Trinajstić information content (AvgIpc) is 2.83. The smallest absolute Gasteiger partial charge is 0.337 e. The first-order chi connectivity index (χ1) is 10.2. The molecule has 0 atom stereocenters. The maximum Gasteiger partial charge on any atom is 0.337 e. The van der Waals surface area contributed by atoms with Crippen LogP contribution in [-0.2, 0) is 11.3 Å². The van der Waals surface area contributed by atoms with Gasteiger partial charge in [-0.2, -0.15) is 0 Å². The number of hydrogen-bond acceptors (Lipinski definition) is 4. The molecule has 0 bridgehead atoms. The molecule has 0 radical (unpaired) electrons. The van der Waals surface area contributed by atoms with Gasteiger partial charge in [-0.15, -0.1) is 0 Å².